The molecule has 1 aromatic rings. The highest BCUT2D eigenvalue weighted by molar-refractivity contribution is 9.10. The van der Waals surface area contributed by atoms with Crippen LogP contribution < -0.4 is 5.32 Å². The topological polar surface area (TPSA) is 12.0 Å². The molecule has 0 amide bonds. The number of thiophene rings is 1. The van der Waals surface area contributed by atoms with Gasteiger partial charge in [0.15, 0.2) is 0 Å². The van der Waals surface area contributed by atoms with Gasteiger partial charge in [-0.2, -0.15) is 0 Å². The fourth-order valence-electron chi connectivity index (χ4n) is 1.77. The molecule has 1 N–H and O–H groups in total. The molecule has 0 saturated heterocycles. The lowest BCUT2D eigenvalue weighted by atomic mass is 9.98. The maximum absolute atomic E-state index is 3.60. The summed E-state index contributed by atoms with van der Waals surface area (Å²) in [5.41, 5.74) is 0. The number of nitrogens with one attached hydrogen (secondary N) is 1. The van der Waals surface area contributed by atoms with E-state index >= 15 is 0 Å². The molecular formula is C13H22BrNS. The van der Waals surface area contributed by atoms with Crippen molar-refractivity contribution in [2.24, 2.45) is 5.92 Å². The van der Waals surface area contributed by atoms with Gasteiger partial charge in [0.1, 0.15) is 0 Å². The van der Waals surface area contributed by atoms with Gasteiger partial charge in [0, 0.05) is 20.3 Å². The molecule has 2 unspecified atom stereocenters. The summed E-state index contributed by atoms with van der Waals surface area (Å²) in [5.74, 6) is 0.783. The summed E-state index contributed by atoms with van der Waals surface area (Å²) in [4.78, 5) is 2.84. The van der Waals surface area contributed by atoms with Crippen molar-refractivity contribution in [3.05, 3.63) is 20.3 Å². The molecule has 0 bridgehead atoms. The fourth-order valence-corrected chi connectivity index (χ4v) is 3.42. The number of hydrogen-bond acceptors (Lipinski definition) is 2. The van der Waals surface area contributed by atoms with Gasteiger partial charge in [-0.25, -0.2) is 0 Å². The second kappa shape index (κ2) is 6.77. The number of hydrogen-bond donors (Lipinski definition) is 1. The lowest BCUT2D eigenvalue weighted by Crippen LogP contribution is -2.21. The molecule has 3 heteroatoms. The smallest absolute Gasteiger partial charge is 0.0417 e. The normalized spacial score (nSPS) is 15.1. The summed E-state index contributed by atoms with van der Waals surface area (Å²) >= 11 is 5.51. The standard InChI is InChI=1S/C13H22BrNS/c1-5-9(3)7-12(15-6-2)13-8-11(14)10(4)16-13/h8-9,12,15H,5-7H2,1-4H3. The highest BCUT2D eigenvalue weighted by Gasteiger charge is 2.16. The predicted octanol–water partition coefficient (Wildman–Crippen LogP) is 4.91. The van der Waals surface area contributed by atoms with Gasteiger partial charge in [-0.3, -0.25) is 0 Å². The monoisotopic (exact) mass is 303 g/mol. The van der Waals surface area contributed by atoms with Crippen LogP contribution in [-0.4, -0.2) is 6.54 Å². The Bertz CT molecular complexity index is 302. The highest BCUT2D eigenvalue weighted by atomic mass is 79.9. The summed E-state index contributed by atoms with van der Waals surface area (Å²) in [6, 6.07) is 2.80. The third-order valence-electron chi connectivity index (χ3n) is 3.01. The minimum absolute atomic E-state index is 0.523. The van der Waals surface area contributed by atoms with Crippen LogP contribution in [0.25, 0.3) is 0 Å². The third kappa shape index (κ3) is 3.86. The first-order chi connectivity index (χ1) is 7.58. The van der Waals surface area contributed by atoms with Gasteiger partial charge in [0.05, 0.1) is 0 Å². The van der Waals surface area contributed by atoms with Crippen LogP contribution in [0, 0.1) is 12.8 Å². The Kier molecular flexibility index (Phi) is 6.01. The third-order valence-corrected chi connectivity index (χ3v) is 5.26. The van der Waals surface area contributed by atoms with E-state index < -0.39 is 0 Å². The Morgan fingerprint density at radius 2 is 2.12 bits per heavy atom. The van der Waals surface area contributed by atoms with E-state index in [-0.39, 0.29) is 0 Å². The molecule has 0 aliphatic rings. The van der Waals surface area contributed by atoms with Crippen LogP contribution in [0.1, 0.15) is 49.4 Å². The molecule has 16 heavy (non-hydrogen) atoms. The summed E-state index contributed by atoms with van der Waals surface area (Å²) < 4.78 is 1.25. The Balaban J connectivity index is 2.76. The first-order valence-corrected chi connectivity index (χ1v) is 7.68. The highest BCUT2D eigenvalue weighted by Crippen LogP contribution is 2.33. The van der Waals surface area contributed by atoms with Crippen molar-refractivity contribution in [2.45, 2.75) is 46.6 Å². The molecule has 1 heterocycles. The minimum atomic E-state index is 0.523. The quantitative estimate of drug-likeness (QED) is 0.787. The molecule has 1 nitrogen and oxygen atoms in total. The van der Waals surface area contributed by atoms with Gasteiger partial charge in [-0.1, -0.05) is 27.2 Å². The molecule has 1 rings (SSSR count). The molecule has 0 spiro atoms. The van der Waals surface area contributed by atoms with E-state index in [1.807, 2.05) is 11.3 Å². The second-order valence-corrected chi connectivity index (χ2v) is 6.55. The van der Waals surface area contributed by atoms with Crippen molar-refractivity contribution < 1.29 is 0 Å². The Morgan fingerprint density at radius 3 is 2.56 bits per heavy atom. The molecule has 1 aromatic heterocycles. The predicted molar refractivity (Wildman–Crippen MR) is 77.2 cm³/mol. The van der Waals surface area contributed by atoms with Crippen LogP contribution >= 0.6 is 27.3 Å². The maximum atomic E-state index is 3.60. The molecule has 2 atom stereocenters. The zero-order valence-electron chi connectivity index (χ0n) is 10.6. The van der Waals surface area contributed by atoms with Gasteiger partial charge in [0.2, 0.25) is 0 Å². The summed E-state index contributed by atoms with van der Waals surface area (Å²) in [7, 11) is 0. The van der Waals surface area contributed by atoms with Gasteiger partial charge in [-0.05, 0) is 47.8 Å². The first kappa shape index (κ1) is 14.2. The zero-order chi connectivity index (χ0) is 12.1. The van der Waals surface area contributed by atoms with Crippen LogP contribution in [0.4, 0.5) is 0 Å². The van der Waals surface area contributed by atoms with Crippen molar-refractivity contribution in [1.82, 2.24) is 5.32 Å². The zero-order valence-corrected chi connectivity index (χ0v) is 13.0. The van der Waals surface area contributed by atoms with Crippen LogP contribution in [0.15, 0.2) is 10.5 Å². The van der Waals surface area contributed by atoms with Gasteiger partial charge in [0.25, 0.3) is 0 Å². The van der Waals surface area contributed by atoms with E-state index in [4.69, 9.17) is 0 Å². The summed E-state index contributed by atoms with van der Waals surface area (Å²) in [5, 5.41) is 3.59. The van der Waals surface area contributed by atoms with E-state index in [0.717, 1.165) is 12.5 Å². The van der Waals surface area contributed by atoms with Crippen molar-refractivity contribution >= 4 is 27.3 Å². The SMILES string of the molecule is CCNC(CC(C)CC)c1cc(Br)c(C)s1. The van der Waals surface area contributed by atoms with Gasteiger partial charge in [-0.15, -0.1) is 11.3 Å². The Hall–Kier alpha value is 0.140. The molecule has 92 valence electrons. The minimum Gasteiger partial charge on any atom is -0.310 e. The van der Waals surface area contributed by atoms with E-state index in [2.05, 4.69) is 55.0 Å². The molecule has 0 aromatic carbocycles. The van der Waals surface area contributed by atoms with Gasteiger partial charge >= 0.3 is 0 Å². The Morgan fingerprint density at radius 1 is 1.44 bits per heavy atom. The second-order valence-electron chi connectivity index (χ2n) is 4.41. The number of rotatable bonds is 6. The largest absolute Gasteiger partial charge is 0.310 e. The lowest BCUT2D eigenvalue weighted by molar-refractivity contribution is 0.412. The maximum Gasteiger partial charge on any atom is 0.0417 e. The first-order valence-electron chi connectivity index (χ1n) is 6.07. The number of halogens is 1. The average Bonchev–Trinajstić information content (AvgIpc) is 2.58. The molecule has 0 radical (unpaired) electrons. The van der Waals surface area contributed by atoms with E-state index in [0.29, 0.717) is 6.04 Å². The molecular weight excluding hydrogens is 282 g/mol. The molecule has 0 aliphatic carbocycles. The molecule has 0 saturated carbocycles. The van der Waals surface area contributed by atoms with E-state index in [1.54, 1.807) is 0 Å². The summed E-state index contributed by atoms with van der Waals surface area (Å²) in [6.07, 6.45) is 2.49. The van der Waals surface area contributed by atoms with Crippen LogP contribution in [0.2, 0.25) is 0 Å². The molecule has 0 fully saturated rings. The van der Waals surface area contributed by atoms with E-state index in [1.165, 1.54) is 27.1 Å². The van der Waals surface area contributed by atoms with Crippen LogP contribution in [0.5, 0.6) is 0 Å². The lowest BCUT2D eigenvalue weighted by Gasteiger charge is -2.19. The van der Waals surface area contributed by atoms with Crippen LogP contribution in [0.3, 0.4) is 0 Å². The van der Waals surface area contributed by atoms with E-state index in [9.17, 15) is 0 Å². The number of aryl methyl sites for hydroxylation is 1. The average molecular weight is 304 g/mol. The molecule has 0 aliphatic heterocycles. The van der Waals surface area contributed by atoms with Crippen molar-refractivity contribution in [1.29, 1.82) is 0 Å². The van der Waals surface area contributed by atoms with Crippen molar-refractivity contribution in [3.8, 4) is 0 Å². The Labute approximate surface area is 112 Å². The van der Waals surface area contributed by atoms with Crippen molar-refractivity contribution in [3.63, 3.8) is 0 Å². The van der Waals surface area contributed by atoms with Gasteiger partial charge < -0.3 is 5.32 Å². The van der Waals surface area contributed by atoms with Crippen molar-refractivity contribution in [2.75, 3.05) is 6.54 Å². The fraction of sp³-hybridized carbons (Fsp3) is 0.692. The van der Waals surface area contributed by atoms with Crippen LogP contribution in [-0.2, 0) is 0 Å². The summed E-state index contributed by atoms with van der Waals surface area (Å²) in [6.45, 7) is 9.99.